The molecule has 0 aromatic carbocycles. The number of likely N-dealkylation sites (tertiary alicyclic amines) is 1. The van der Waals surface area contributed by atoms with Crippen molar-refractivity contribution in [2.45, 2.75) is 50.7 Å². The van der Waals surface area contributed by atoms with Gasteiger partial charge in [-0.1, -0.05) is 12.8 Å². The number of amides is 2. The first-order valence-corrected chi connectivity index (χ1v) is 6.42. The van der Waals surface area contributed by atoms with Crippen molar-refractivity contribution in [1.29, 1.82) is 0 Å². The molecule has 2 atom stereocenters. The van der Waals surface area contributed by atoms with E-state index >= 15 is 0 Å². The lowest BCUT2D eigenvalue weighted by Crippen LogP contribution is -2.48. The van der Waals surface area contributed by atoms with E-state index in [0.717, 1.165) is 32.1 Å². The standard InChI is InChI=1S/C12H20N2O3/c15-10-5-2-1-4-9(10)13-11(16)8-14-7-3-6-12(14)17/h9-10,15H,1-8H2,(H,13,16). The molecule has 0 radical (unpaired) electrons. The van der Waals surface area contributed by atoms with Crippen LogP contribution in [0.15, 0.2) is 0 Å². The second-order valence-electron chi connectivity index (χ2n) is 4.94. The molecule has 2 N–H and O–H groups in total. The lowest BCUT2D eigenvalue weighted by atomic mass is 9.92. The van der Waals surface area contributed by atoms with Gasteiger partial charge < -0.3 is 15.3 Å². The van der Waals surface area contributed by atoms with Crippen molar-refractivity contribution in [3.05, 3.63) is 0 Å². The van der Waals surface area contributed by atoms with Crippen LogP contribution in [0.1, 0.15) is 38.5 Å². The summed E-state index contributed by atoms with van der Waals surface area (Å²) in [6.07, 6.45) is 4.64. The Morgan fingerprint density at radius 3 is 2.76 bits per heavy atom. The summed E-state index contributed by atoms with van der Waals surface area (Å²) in [4.78, 5) is 24.7. The number of carbonyl (C=O) groups is 2. The molecule has 0 aromatic heterocycles. The maximum atomic E-state index is 11.7. The van der Waals surface area contributed by atoms with Crippen LogP contribution in [0.3, 0.4) is 0 Å². The molecule has 1 heterocycles. The number of carbonyl (C=O) groups excluding carboxylic acids is 2. The van der Waals surface area contributed by atoms with Gasteiger partial charge in [0.05, 0.1) is 18.7 Å². The van der Waals surface area contributed by atoms with Crippen molar-refractivity contribution in [1.82, 2.24) is 10.2 Å². The largest absolute Gasteiger partial charge is 0.391 e. The summed E-state index contributed by atoms with van der Waals surface area (Å²) in [5, 5.41) is 12.6. The van der Waals surface area contributed by atoms with Crippen molar-refractivity contribution in [3.8, 4) is 0 Å². The molecule has 1 aliphatic carbocycles. The zero-order valence-electron chi connectivity index (χ0n) is 10.0. The highest BCUT2D eigenvalue weighted by molar-refractivity contribution is 5.85. The first kappa shape index (κ1) is 12.4. The van der Waals surface area contributed by atoms with Crippen LogP contribution in [0.25, 0.3) is 0 Å². The van der Waals surface area contributed by atoms with Gasteiger partial charge in [-0.15, -0.1) is 0 Å². The van der Waals surface area contributed by atoms with E-state index in [4.69, 9.17) is 0 Å². The van der Waals surface area contributed by atoms with Crippen LogP contribution in [0, 0.1) is 0 Å². The van der Waals surface area contributed by atoms with Crippen LogP contribution in [0.4, 0.5) is 0 Å². The second kappa shape index (κ2) is 5.49. The summed E-state index contributed by atoms with van der Waals surface area (Å²) in [7, 11) is 0. The number of hydrogen-bond acceptors (Lipinski definition) is 3. The summed E-state index contributed by atoms with van der Waals surface area (Å²) in [6, 6.07) is -0.131. The highest BCUT2D eigenvalue weighted by Crippen LogP contribution is 2.18. The van der Waals surface area contributed by atoms with Gasteiger partial charge in [-0.2, -0.15) is 0 Å². The van der Waals surface area contributed by atoms with Crippen molar-refractivity contribution >= 4 is 11.8 Å². The highest BCUT2D eigenvalue weighted by Gasteiger charge is 2.27. The van der Waals surface area contributed by atoms with E-state index in [1.807, 2.05) is 0 Å². The fraction of sp³-hybridized carbons (Fsp3) is 0.833. The van der Waals surface area contributed by atoms with Crippen LogP contribution >= 0.6 is 0 Å². The van der Waals surface area contributed by atoms with E-state index < -0.39 is 6.10 Å². The van der Waals surface area contributed by atoms with E-state index in [1.54, 1.807) is 4.90 Å². The minimum atomic E-state index is -0.429. The van der Waals surface area contributed by atoms with Gasteiger partial charge >= 0.3 is 0 Å². The van der Waals surface area contributed by atoms with Gasteiger partial charge in [0.15, 0.2) is 0 Å². The molecule has 2 rings (SSSR count). The Bertz CT molecular complexity index is 306. The molecule has 2 fully saturated rings. The third-order valence-electron chi connectivity index (χ3n) is 3.58. The second-order valence-corrected chi connectivity index (χ2v) is 4.94. The van der Waals surface area contributed by atoms with Crippen molar-refractivity contribution in [3.63, 3.8) is 0 Å². The van der Waals surface area contributed by atoms with Crippen LogP contribution in [0.2, 0.25) is 0 Å². The Morgan fingerprint density at radius 2 is 2.12 bits per heavy atom. The number of aliphatic hydroxyl groups excluding tert-OH is 1. The van der Waals surface area contributed by atoms with Crippen LogP contribution in [-0.4, -0.2) is 47.1 Å². The van der Waals surface area contributed by atoms with Gasteiger partial charge in [0.25, 0.3) is 0 Å². The average Bonchev–Trinajstić information content (AvgIpc) is 2.68. The number of nitrogens with zero attached hydrogens (tertiary/aromatic N) is 1. The summed E-state index contributed by atoms with van der Waals surface area (Å²) < 4.78 is 0. The Hall–Kier alpha value is -1.10. The SMILES string of the molecule is O=C(CN1CCCC1=O)NC1CCCCC1O. The molecule has 5 nitrogen and oxygen atoms in total. The predicted octanol–water partition coefficient (Wildman–Crippen LogP) is 0.0285. The van der Waals surface area contributed by atoms with Gasteiger partial charge in [-0.3, -0.25) is 9.59 Å². The predicted molar refractivity (Wildman–Crippen MR) is 62.2 cm³/mol. The number of hydrogen-bond donors (Lipinski definition) is 2. The fourth-order valence-corrected chi connectivity index (χ4v) is 2.58. The minimum Gasteiger partial charge on any atom is -0.391 e. The molecule has 0 spiro atoms. The molecule has 2 unspecified atom stereocenters. The van der Waals surface area contributed by atoms with Gasteiger partial charge in [-0.25, -0.2) is 0 Å². The maximum absolute atomic E-state index is 11.7. The molecule has 2 aliphatic rings. The topological polar surface area (TPSA) is 69.6 Å². The molecule has 5 heteroatoms. The third-order valence-corrected chi connectivity index (χ3v) is 3.58. The first-order valence-electron chi connectivity index (χ1n) is 6.42. The van der Waals surface area contributed by atoms with Gasteiger partial charge in [-0.05, 0) is 19.3 Å². The lowest BCUT2D eigenvalue weighted by Gasteiger charge is -2.29. The number of aliphatic hydroxyl groups is 1. The highest BCUT2D eigenvalue weighted by atomic mass is 16.3. The van der Waals surface area contributed by atoms with Crippen LogP contribution < -0.4 is 5.32 Å². The Balaban J connectivity index is 1.78. The quantitative estimate of drug-likeness (QED) is 0.731. The number of rotatable bonds is 3. The summed E-state index contributed by atoms with van der Waals surface area (Å²) in [5.41, 5.74) is 0. The molecule has 1 aliphatic heterocycles. The van der Waals surface area contributed by atoms with Crippen molar-refractivity contribution in [2.75, 3.05) is 13.1 Å². The molecule has 2 amide bonds. The molecule has 1 saturated carbocycles. The average molecular weight is 240 g/mol. The van der Waals surface area contributed by atoms with Crippen LogP contribution in [-0.2, 0) is 9.59 Å². The third kappa shape index (κ3) is 3.19. The molecule has 1 saturated heterocycles. The molecule has 17 heavy (non-hydrogen) atoms. The van der Waals surface area contributed by atoms with Crippen LogP contribution in [0.5, 0.6) is 0 Å². The van der Waals surface area contributed by atoms with Crippen molar-refractivity contribution < 1.29 is 14.7 Å². The number of nitrogens with one attached hydrogen (secondary N) is 1. The first-order chi connectivity index (χ1) is 8.16. The molecular formula is C12H20N2O3. The zero-order valence-corrected chi connectivity index (χ0v) is 10.0. The van der Waals surface area contributed by atoms with Gasteiger partial charge in [0, 0.05) is 13.0 Å². The smallest absolute Gasteiger partial charge is 0.239 e. The molecule has 0 bridgehead atoms. The summed E-state index contributed by atoms with van der Waals surface area (Å²) >= 11 is 0. The van der Waals surface area contributed by atoms with E-state index in [1.165, 1.54) is 0 Å². The van der Waals surface area contributed by atoms with E-state index in [-0.39, 0.29) is 24.4 Å². The normalized spacial score (nSPS) is 29.5. The maximum Gasteiger partial charge on any atom is 0.239 e. The monoisotopic (exact) mass is 240 g/mol. The summed E-state index contributed by atoms with van der Waals surface area (Å²) in [5.74, 6) is -0.0875. The Morgan fingerprint density at radius 1 is 1.35 bits per heavy atom. The van der Waals surface area contributed by atoms with E-state index in [0.29, 0.717) is 13.0 Å². The van der Waals surface area contributed by atoms with E-state index in [9.17, 15) is 14.7 Å². The molecular weight excluding hydrogens is 220 g/mol. The molecule has 0 aromatic rings. The van der Waals surface area contributed by atoms with Gasteiger partial charge in [0.1, 0.15) is 0 Å². The minimum absolute atomic E-state index is 0.0596. The summed E-state index contributed by atoms with van der Waals surface area (Å²) in [6.45, 7) is 0.821. The Kier molecular flexibility index (Phi) is 3.99. The Labute approximate surface area is 101 Å². The van der Waals surface area contributed by atoms with E-state index in [2.05, 4.69) is 5.32 Å². The van der Waals surface area contributed by atoms with Gasteiger partial charge in [0.2, 0.25) is 11.8 Å². The van der Waals surface area contributed by atoms with Crippen molar-refractivity contribution in [2.24, 2.45) is 0 Å². The lowest BCUT2D eigenvalue weighted by molar-refractivity contribution is -0.133. The zero-order chi connectivity index (χ0) is 12.3. The molecule has 96 valence electrons. The fourth-order valence-electron chi connectivity index (χ4n) is 2.58.